The number of anilines is 1. The number of rotatable bonds is 6. The van der Waals surface area contributed by atoms with E-state index in [1.54, 1.807) is 23.6 Å². The van der Waals surface area contributed by atoms with E-state index in [-0.39, 0.29) is 48.9 Å². The molecule has 0 radical (unpaired) electrons. The summed E-state index contributed by atoms with van der Waals surface area (Å²) in [6.07, 6.45) is 5.38. The number of benzene rings is 3. The number of likely N-dealkylation sites (tertiary alicyclic amines) is 1. The van der Waals surface area contributed by atoms with Gasteiger partial charge in [-0.3, -0.25) is 4.79 Å². The van der Waals surface area contributed by atoms with E-state index in [4.69, 9.17) is 4.74 Å². The first kappa shape index (κ1) is 37.1. The fraction of sp³-hybridized carbons (Fsp3) is 0.342. The van der Waals surface area contributed by atoms with Crippen LogP contribution in [0.25, 0.3) is 38.9 Å². The van der Waals surface area contributed by atoms with E-state index in [0.29, 0.717) is 21.8 Å². The number of phenols is 1. The Morgan fingerprint density at radius 1 is 1.08 bits per heavy atom. The Hall–Kier alpha value is -5.19. The molecule has 2 fully saturated rings. The van der Waals surface area contributed by atoms with Crippen LogP contribution in [-0.4, -0.2) is 88.7 Å². The molecule has 13 heteroatoms. The maximum absolute atomic E-state index is 16.3. The Bertz CT molecular complexity index is 2050. The summed E-state index contributed by atoms with van der Waals surface area (Å²) in [4.78, 5) is 31.4. The molecule has 2 aliphatic heterocycles. The van der Waals surface area contributed by atoms with Crippen molar-refractivity contribution in [2.75, 3.05) is 51.8 Å². The first-order valence-electron chi connectivity index (χ1n) is 16.9. The van der Waals surface area contributed by atoms with Crippen LogP contribution in [0.15, 0.2) is 65.9 Å². The number of ether oxygens (including phenoxy) is 1. The van der Waals surface area contributed by atoms with Crippen LogP contribution < -0.4 is 9.64 Å². The number of halogens is 2. The third-order valence-corrected chi connectivity index (χ3v) is 9.41. The zero-order chi connectivity index (χ0) is 36.5. The first-order valence-corrected chi connectivity index (χ1v) is 17.8. The molecule has 0 spiro atoms. The minimum Gasteiger partial charge on any atom is -0.508 e. The van der Waals surface area contributed by atoms with E-state index in [9.17, 15) is 19.6 Å². The van der Waals surface area contributed by atoms with Gasteiger partial charge in [0.15, 0.2) is 11.6 Å². The Balaban J connectivity index is 0.000000564. The fourth-order valence-corrected chi connectivity index (χ4v) is 6.82. The number of aromatic nitrogens is 3. The molecule has 1 N–H and O–H groups in total. The molecule has 2 saturated heterocycles. The number of hydrogen-bond acceptors (Lipinski definition) is 10. The van der Waals surface area contributed by atoms with Crippen molar-refractivity contribution >= 4 is 50.8 Å². The summed E-state index contributed by atoms with van der Waals surface area (Å²) in [6.45, 7) is 7.14. The Kier molecular flexibility index (Phi) is 12.5. The summed E-state index contributed by atoms with van der Waals surface area (Å²) >= 11 is 1.20. The van der Waals surface area contributed by atoms with E-state index in [2.05, 4.69) is 33.0 Å². The van der Waals surface area contributed by atoms with Crippen molar-refractivity contribution in [3.05, 3.63) is 76.8 Å². The van der Waals surface area contributed by atoms with Crippen LogP contribution in [0, 0.1) is 17.1 Å². The number of methoxy groups -OCH3 is 1. The van der Waals surface area contributed by atoms with Gasteiger partial charge in [0.2, 0.25) is 0 Å². The van der Waals surface area contributed by atoms with E-state index in [1.807, 2.05) is 43.0 Å². The van der Waals surface area contributed by atoms with Crippen molar-refractivity contribution in [3.8, 4) is 29.0 Å². The third-order valence-electron chi connectivity index (χ3n) is 8.69. The van der Waals surface area contributed by atoms with Gasteiger partial charge in [0, 0.05) is 48.2 Å². The number of amides is 1. The Labute approximate surface area is 300 Å². The highest BCUT2D eigenvalue weighted by molar-refractivity contribution is 7.10. The monoisotopic (exact) mass is 713 g/mol. The van der Waals surface area contributed by atoms with Gasteiger partial charge in [-0.15, -0.1) is 11.3 Å². The maximum Gasteiger partial charge on any atom is 0.318 e. The molecule has 3 aromatic carbocycles. The van der Waals surface area contributed by atoms with Crippen molar-refractivity contribution in [2.45, 2.75) is 39.2 Å². The number of phenolic OH excluding ortho intramolecular Hbond substituents is 1. The average Bonchev–Trinajstić information content (AvgIpc) is 3.86. The molecule has 0 aliphatic carbocycles. The summed E-state index contributed by atoms with van der Waals surface area (Å²) in [5, 5.41) is 23.8. The van der Waals surface area contributed by atoms with Gasteiger partial charge in [0.05, 0.1) is 25.6 Å². The summed E-state index contributed by atoms with van der Waals surface area (Å²) < 4.78 is 36.5. The Morgan fingerprint density at radius 2 is 1.84 bits per heavy atom. The van der Waals surface area contributed by atoms with Crippen molar-refractivity contribution < 1.29 is 23.4 Å². The number of carbonyl (C=O) groups is 1. The van der Waals surface area contributed by atoms with Crippen LogP contribution in [0.4, 0.5) is 14.6 Å². The molecule has 0 saturated carbocycles. The largest absolute Gasteiger partial charge is 0.508 e. The minimum absolute atomic E-state index is 0.00281. The number of aromatic hydroxyl groups is 1. The molecule has 1 amide bonds. The van der Waals surface area contributed by atoms with E-state index >= 15 is 4.39 Å². The topological polar surface area (TPSA) is 119 Å². The molecule has 4 heterocycles. The molecule has 0 bridgehead atoms. The molecule has 2 aliphatic rings. The average molecular weight is 714 g/mol. The molecule has 10 nitrogen and oxygen atoms in total. The second kappa shape index (κ2) is 17.2. The molecule has 2 aromatic heterocycles. The van der Waals surface area contributed by atoms with Gasteiger partial charge in [0.25, 0.3) is 5.91 Å². The van der Waals surface area contributed by atoms with Gasteiger partial charge in [-0.1, -0.05) is 44.2 Å². The number of thiazole rings is 1. The van der Waals surface area contributed by atoms with Crippen LogP contribution in [0.2, 0.25) is 0 Å². The predicted molar refractivity (Wildman–Crippen MR) is 198 cm³/mol. The molecule has 266 valence electrons. The maximum atomic E-state index is 16.3. The van der Waals surface area contributed by atoms with Crippen LogP contribution in [0.5, 0.6) is 11.8 Å². The van der Waals surface area contributed by atoms with Gasteiger partial charge >= 0.3 is 6.01 Å². The smallest absolute Gasteiger partial charge is 0.318 e. The Morgan fingerprint density at radius 3 is 2.51 bits per heavy atom. The highest BCUT2D eigenvalue weighted by Gasteiger charge is 2.34. The summed E-state index contributed by atoms with van der Waals surface area (Å²) in [5.74, 6) is -2.04. The quantitative estimate of drug-likeness (QED) is 0.179. The fourth-order valence-electron chi connectivity index (χ4n) is 6.27. The SMILES string of the molecule is CC.CN1CCCC1.COc1nc(N2CCN(C(=O)/C(F)=C/c3nccs3)C(CC#N)C2)c2ccc(-c3cc(O)cc4ccccc34)c(F)c2n1. The molecule has 5 aromatic rings. The molecular weight excluding hydrogens is 673 g/mol. The van der Waals surface area contributed by atoms with Crippen LogP contribution in [0.1, 0.15) is 38.1 Å². The molecule has 7 rings (SSSR count). The van der Waals surface area contributed by atoms with E-state index in [0.717, 1.165) is 16.8 Å². The van der Waals surface area contributed by atoms with Gasteiger partial charge < -0.3 is 24.5 Å². The number of carbonyl (C=O) groups excluding carboxylic acids is 1. The standard InChI is InChI=1S/C31H24F2N6O3S.C5H11N.C2H6/c1-42-31-36-28-23(7-6-22(27(28)33)24-15-20(40)14-18-4-2-3-5-21(18)24)29(37-31)38-11-12-39(19(17-38)8-9-34)30(41)25(32)16-26-35-10-13-43-26;1-6-4-2-3-5-6;1-2/h2-7,10,13-16,19,40H,8,11-12,17H2,1H3;2-5H2,1H3;1-2H3/b25-16-;;. The number of nitrogens with zero attached hydrogens (tertiary/aromatic N) is 7. The van der Waals surface area contributed by atoms with Crippen LogP contribution in [-0.2, 0) is 4.79 Å². The summed E-state index contributed by atoms with van der Waals surface area (Å²) in [5.41, 5.74) is 0.759. The zero-order valence-electron chi connectivity index (χ0n) is 29.1. The lowest BCUT2D eigenvalue weighted by Crippen LogP contribution is -2.55. The van der Waals surface area contributed by atoms with Gasteiger partial charge in [-0.05, 0) is 67.5 Å². The van der Waals surface area contributed by atoms with Crippen molar-refractivity contribution in [2.24, 2.45) is 0 Å². The number of hydrogen-bond donors (Lipinski definition) is 1. The van der Waals surface area contributed by atoms with Crippen LogP contribution >= 0.6 is 11.3 Å². The second-order valence-electron chi connectivity index (χ2n) is 11.9. The predicted octanol–water partition coefficient (Wildman–Crippen LogP) is 7.44. The summed E-state index contributed by atoms with van der Waals surface area (Å²) in [7, 11) is 3.55. The lowest BCUT2D eigenvalue weighted by Gasteiger charge is -2.41. The van der Waals surface area contributed by atoms with Crippen LogP contribution in [0.3, 0.4) is 0 Å². The normalized spacial score (nSPS) is 16.3. The van der Waals surface area contributed by atoms with Crippen molar-refractivity contribution in [3.63, 3.8) is 0 Å². The number of fused-ring (bicyclic) bond motifs is 2. The second-order valence-corrected chi connectivity index (χ2v) is 12.8. The lowest BCUT2D eigenvalue weighted by atomic mass is 9.96. The van der Waals surface area contributed by atoms with Gasteiger partial charge in [-0.25, -0.2) is 13.8 Å². The zero-order valence-corrected chi connectivity index (χ0v) is 30.0. The highest BCUT2D eigenvalue weighted by Crippen LogP contribution is 2.38. The first-order chi connectivity index (χ1) is 24.8. The van der Waals surface area contributed by atoms with Gasteiger partial charge in [-0.2, -0.15) is 15.2 Å². The lowest BCUT2D eigenvalue weighted by molar-refractivity contribution is -0.131. The summed E-state index contributed by atoms with van der Waals surface area (Å²) in [6, 6.07) is 15.2. The molecule has 51 heavy (non-hydrogen) atoms. The number of piperazine rings is 1. The van der Waals surface area contributed by atoms with E-state index in [1.165, 1.54) is 61.5 Å². The highest BCUT2D eigenvalue weighted by atomic mass is 32.1. The minimum atomic E-state index is -0.963. The van der Waals surface area contributed by atoms with E-state index < -0.39 is 23.6 Å². The third kappa shape index (κ3) is 8.41. The van der Waals surface area contributed by atoms with Crippen molar-refractivity contribution in [1.29, 1.82) is 5.26 Å². The molecule has 1 unspecified atom stereocenters. The number of nitriles is 1. The van der Waals surface area contributed by atoms with Gasteiger partial charge in [0.1, 0.15) is 22.1 Å². The molecule has 1 atom stereocenters. The molecular formula is C38H41F2N7O3S. The van der Waals surface area contributed by atoms with Crippen molar-refractivity contribution in [1.82, 2.24) is 24.8 Å².